The van der Waals surface area contributed by atoms with Crippen LogP contribution in [0.2, 0.25) is 0 Å². The number of nitrogens with zero attached hydrogens (tertiary/aromatic N) is 3. The number of halogens is 7. The Morgan fingerprint density at radius 1 is 1.07 bits per heavy atom. The summed E-state index contributed by atoms with van der Waals surface area (Å²) < 4.78 is 68.7. The molecule has 0 aliphatic rings. The molecule has 0 aliphatic heterocycles. The van der Waals surface area contributed by atoms with Crippen LogP contribution in [0.25, 0.3) is 0 Å². The van der Waals surface area contributed by atoms with E-state index in [0.29, 0.717) is 9.08 Å². The van der Waals surface area contributed by atoms with Crippen LogP contribution < -0.4 is 5.32 Å². The van der Waals surface area contributed by atoms with Gasteiger partial charge >= 0.3 is 0 Å². The van der Waals surface area contributed by atoms with Gasteiger partial charge in [-0.1, -0.05) is 0 Å². The van der Waals surface area contributed by atoms with Gasteiger partial charge in [0.15, 0.2) is 34.8 Å². The molecule has 3 aromatic rings. The quantitative estimate of drug-likeness (QED) is 0.312. The van der Waals surface area contributed by atoms with Gasteiger partial charge in [0.1, 0.15) is 4.60 Å². The van der Waals surface area contributed by atoms with Crippen molar-refractivity contribution in [2.75, 3.05) is 5.32 Å². The number of carbonyl (C=O) groups is 1. The maximum Gasteiger partial charge on any atom is 0.278 e. The summed E-state index contributed by atoms with van der Waals surface area (Å²) in [6.45, 7) is -0.737. The Labute approximate surface area is 164 Å². The third-order valence-corrected chi connectivity index (χ3v) is 5.26. The molecule has 2 N–H and O–H groups in total. The molecular formula is C14H6Br2F5N5O. The van der Waals surface area contributed by atoms with Crippen molar-refractivity contribution in [2.45, 2.75) is 6.54 Å². The van der Waals surface area contributed by atoms with Gasteiger partial charge in [-0.2, -0.15) is 10.2 Å². The lowest BCUT2D eigenvalue weighted by Gasteiger charge is -2.08. The zero-order valence-corrected chi connectivity index (χ0v) is 15.9. The van der Waals surface area contributed by atoms with Gasteiger partial charge in [-0.25, -0.2) is 22.0 Å². The second-order valence-electron chi connectivity index (χ2n) is 5.10. The molecule has 0 radical (unpaired) electrons. The molecule has 1 amide bonds. The van der Waals surface area contributed by atoms with E-state index >= 15 is 0 Å². The van der Waals surface area contributed by atoms with Crippen molar-refractivity contribution >= 4 is 43.6 Å². The van der Waals surface area contributed by atoms with Gasteiger partial charge in [-0.3, -0.25) is 14.6 Å². The Hall–Kier alpha value is -2.28. The summed E-state index contributed by atoms with van der Waals surface area (Å²) >= 11 is 6.25. The minimum absolute atomic E-state index is 0.0104. The van der Waals surface area contributed by atoms with Gasteiger partial charge in [0.25, 0.3) is 5.91 Å². The van der Waals surface area contributed by atoms with E-state index in [0.717, 1.165) is 4.68 Å². The second kappa shape index (κ2) is 7.38. The first kappa shape index (κ1) is 19.5. The maximum absolute atomic E-state index is 13.7. The fourth-order valence-corrected chi connectivity index (χ4v) is 2.73. The molecule has 0 saturated heterocycles. The van der Waals surface area contributed by atoms with E-state index in [-0.39, 0.29) is 11.5 Å². The Morgan fingerprint density at radius 2 is 1.67 bits per heavy atom. The average molecular weight is 515 g/mol. The number of rotatable bonds is 4. The number of benzene rings is 1. The average Bonchev–Trinajstić information content (AvgIpc) is 3.22. The molecular weight excluding hydrogens is 509 g/mol. The highest BCUT2D eigenvalue weighted by Crippen LogP contribution is 2.25. The third-order valence-electron chi connectivity index (χ3n) is 3.38. The van der Waals surface area contributed by atoms with Crippen LogP contribution in [0, 0.1) is 29.1 Å². The van der Waals surface area contributed by atoms with Crippen molar-refractivity contribution < 1.29 is 26.7 Å². The van der Waals surface area contributed by atoms with Crippen LogP contribution in [-0.2, 0) is 6.54 Å². The highest BCUT2D eigenvalue weighted by atomic mass is 79.9. The molecule has 2 heterocycles. The molecule has 0 saturated carbocycles. The van der Waals surface area contributed by atoms with Crippen LogP contribution in [-0.4, -0.2) is 25.9 Å². The number of amides is 1. The van der Waals surface area contributed by atoms with Gasteiger partial charge in [0.05, 0.1) is 16.6 Å². The van der Waals surface area contributed by atoms with Crippen molar-refractivity contribution in [2.24, 2.45) is 0 Å². The number of H-pyrrole nitrogens is 1. The molecule has 0 fully saturated rings. The molecule has 2 aromatic heterocycles. The minimum Gasteiger partial charge on any atom is -0.304 e. The summed E-state index contributed by atoms with van der Waals surface area (Å²) in [6, 6.07) is 1.28. The van der Waals surface area contributed by atoms with E-state index in [1.807, 2.05) is 0 Å². The van der Waals surface area contributed by atoms with E-state index in [4.69, 9.17) is 0 Å². The summed E-state index contributed by atoms with van der Waals surface area (Å²) in [5.41, 5.74) is -1.04. The molecule has 142 valence electrons. The maximum atomic E-state index is 13.7. The highest BCUT2D eigenvalue weighted by molar-refractivity contribution is 9.13. The van der Waals surface area contributed by atoms with Crippen LogP contribution in [0.5, 0.6) is 0 Å². The van der Waals surface area contributed by atoms with E-state index in [2.05, 4.69) is 52.5 Å². The van der Waals surface area contributed by atoms with Gasteiger partial charge in [0.2, 0.25) is 5.82 Å². The van der Waals surface area contributed by atoms with E-state index in [1.165, 1.54) is 12.3 Å². The molecule has 0 bridgehead atoms. The van der Waals surface area contributed by atoms with Crippen LogP contribution in [0.4, 0.5) is 27.8 Å². The van der Waals surface area contributed by atoms with Crippen LogP contribution >= 0.6 is 31.9 Å². The van der Waals surface area contributed by atoms with Gasteiger partial charge in [-0.05, 0) is 31.9 Å². The molecule has 0 atom stereocenters. The number of carbonyl (C=O) groups excluding carboxylic acids is 1. The van der Waals surface area contributed by atoms with E-state index < -0.39 is 47.1 Å². The largest absolute Gasteiger partial charge is 0.304 e. The standard InChI is InChI=1S/C14H6Br2F5N5O/c15-6-12(23-24-13(6)16)14(27)22-5-1-2-26(25-5)3-4-7(17)9(19)11(21)10(20)8(4)18/h1-2H,3H2,(H,23,24)(H,22,25,27). The fraction of sp³-hybridized carbons (Fsp3) is 0.0714. The number of anilines is 1. The normalized spacial score (nSPS) is 11.1. The monoisotopic (exact) mass is 513 g/mol. The van der Waals surface area contributed by atoms with Crippen LogP contribution in [0.1, 0.15) is 16.1 Å². The lowest BCUT2D eigenvalue weighted by Crippen LogP contribution is -2.15. The number of aromatic nitrogens is 4. The summed E-state index contributed by atoms with van der Waals surface area (Å²) in [5, 5.41) is 12.5. The molecule has 27 heavy (non-hydrogen) atoms. The zero-order valence-electron chi connectivity index (χ0n) is 12.8. The molecule has 0 unspecified atom stereocenters. The van der Waals surface area contributed by atoms with Crippen LogP contribution in [0.15, 0.2) is 21.3 Å². The molecule has 13 heteroatoms. The SMILES string of the molecule is O=C(Nc1ccn(Cc2c(F)c(F)c(F)c(F)c2F)n1)c1n[nH]c(Br)c1Br. The molecule has 1 aromatic carbocycles. The summed E-state index contributed by atoms with van der Waals surface area (Å²) in [6.07, 6.45) is 1.20. The van der Waals surface area contributed by atoms with Crippen molar-refractivity contribution in [3.8, 4) is 0 Å². The number of hydrogen-bond acceptors (Lipinski definition) is 3. The van der Waals surface area contributed by atoms with Crippen molar-refractivity contribution in [3.05, 3.63) is 61.7 Å². The predicted molar refractivity (Wildman–Crippen MR) is 89.5 cm³/mol. The fourth-order valence-electron chi connectivity index (χ4n) is 2.10. The first-order chi connectivity index (χ1) is 12.7. The molecule has 0 spiro atoms. The summed E-state index contributed by atoms with van der Waals surface area (Å²) in [7, 11) is 0. The van der Waals surface area contributed by atoms with Crippen LogP contribution in [0.3, 0.4) is 0 Å². The first-order valence-corrected chi connectivity index (χ1v) is 8.53. The molecule has 6 nitrogen and oxygen atoms in total. The van der Waals surface area contributed by atoms with Gasteiger partial charge in [-0.15, -0.1) is 0 Å². The number of aromatic amines is 1. The smallest absolute Gasteiger partial charge is 0.278 e. The van der Waals surface area contributed by atoms with Gasteiger partial charge in [0, 0.05) is 12.3 Å². The Morgan fingerprint density at radius 3 is 2.22 bits per heavy atom. The second-order valence-corrected chi connectivity index (χ2v) is 6.69. The third kappa shape index (κ3) is 3.60. The Kier molecular flexibility index (Phi) is 5.33. The molecule has 0 aliphatic carbocycles. The summed E-state index contributed by atoms with van der Waals surface area (Å²) in [4.78, 5) is 12.1. The Bertz CT molecular complexity index is 1020. The zero-order chi connectivity index (χ0) is 19.9. The Balaban J connectivity index is 1.81. The summed E-state index contributed by atoms with van der Waals surface area (Å²) in [5.74, 6) is -10.9. The number of hydrogen-bond donors (Lipinski definition) is 2. The number of nitrogens with one attached hydrogen (secondary N) is 2. The lowest BCUT2D eigenvalue weighted by atomic mass is 10.1. The topological polar surface area (TPSA) is 75.6 Å². The van der Waals surface area contributed by atoms with Crippen molar-refractivity contribution in [3.63, 3.8) is 0 Å². The lowest BCUT2D eigenvalue weighted by molar-refractivity contribution is 0.102. The molecule has 3 rings (SSSR count). The predicted octanol–water partition coefficient (Wildman–Crippen LogP) is 4.13. The van der Waals surface area contributed by atoms with Gasteiger partial charge < -0.3 is 5.32 Å². The van der Waals surface area contributed by atoms with E-state index in [1.54, 1.807) is 0 Å². The highest BCUT2D eigenvalue weighted by Gasteiger charge is 2.26. The minimum atomic E-state index is -2.24. The van der Waals surface area contributed by atoms with E-state index in [9.17, 15) is 26.7 Å². The van der Waals surface area contributed by atoms with Crippen molar-refractivity contribution in [1.29, 1.82) is 0 Å². The van der Waals surface area contributed by atoms with Crippen molar-refractivity contribution in [1.82, 2.24) is 20.0 Å². The first-order valence-electron chi connectivity index (χ1n) is 6.95.